The second-order valence-corrected chi connectivity index (χ2v) is 2.25. The summed E-state index contributed by atoms with van der Waals surface area (Å²) in [5, 5.41) is 0. The first-order valence-electron chi connectivity index (χ1n) is 1.75. The minimum absolute atomic E-state index is 0. The molecule has 0 spiro atoms. The Morgan fingerprint density at radius 3 is 1.00 bits per heavy atom. The van der Waals surface area contributed by atoms with Gasteiger partial charge in [-0.2, -0.15) is 0 Å². The summed E-state index contributed by atoms with van der Waals surface area (Å²) in [5.74, 6) is 0. The first-order chi connectivity index (χ1) is 2.00. The summed E-state index contributed by atoms with van der Waals surface area (Å²) in [5.41, 5.74) is 6.69. The topological polar surface area (TPSA) is 23.8 Å². The van der Waals surface area contributed by atoms with Crippen LogP contribution in [0.15, 0.2) is 0 Å². The first-order valence-corrected chi connectivity index (χ1v) is 1.75. The third-order valence-electron chi connectivity index (χ3n) is 0. The molecule has 2 heteroatoms. The van der Waals surface area contributed by atoms with Gasteiger partial charge in [-0.3, -0.25) is 0 Å². The Bertz CT molecular complexity index is 24.0. The molecule has 49 valence electrons. The van der Waals surface area contributed by atoms with Gasteiger partial charge in [0.25, 0.3) is 0 Å². The maximum Gasteiger partial charge on any atom is 3.00 e. The molecule has 0 saturated heterocycles. The zero-order chi connectivity index (χ0) is 4.50. The van der Waals surface area contributed by atoms with Crippen LogP contribution in [-0.4, -0.2) is 5.54 Å². The standard InChI is InChI=1S/C4H10N.2CH3.Ti/c1-4(2,3)5;;;/h5H,1-3H3;2*1H3;/q3*-1;+3. The molecular weight excluding hydrogens is 134 g/mol. The molecule has 0 aliphatic carbocycles. The fraction of sp³-hybridized carbons (Fsp3) is 0.667. The van der Waals surface area contributed by atoms with Gasteiger partial charge in [0.15, 0.2) is 0 Å². The van der Waals surface area contributed by atoms with E-state index in [9.17, 15) is 0 Å². The Hall–Kier alpha value is 0.674. The van der Waals surface area contributed by atoms with Crippen LogP contribution in [0, 0.1) is 14.9 Å². The van der Waals surface area contributed by atoms with Crippen LogP contribution in [0.2, 0.25) is 0 Å². The van der Waals surface area contributed by atoms with Crippen molar-refractivity contribution in [2.45, 2.75) is 26.3 Å². The zero-order valence-corrected chi connectivity index (χ0v) is 8.06. The molecule has 0 fully saturated rings. The minimum atomic E-state index is -0.250. The summed E-state index contributed by atoms with van der Waals surface area (Å²) in [4.78, 5) is 0. The maximum atomic E-state index is 6.94. The van der Waals surface area contributed by atoms with Crippen molar-refractivity contribution < 1.29 is 21.7 Å². The van der Waals surface area contributed by atoms with E-state index in [1.165, 1.54) is 0 Å². The smallest absolute Gasteiger partial charge is 0.673 e. The quantitative estimate of drug-likeness (QED) is 0.374. The van der Waals surface area contributed by atoms with E-state index < -0.39 is 0 Å². The van der Waals surface area contributed by atoms with E-state index in [1.54, 1.807) is 0 Å². The van der Waals surface area contributed by atoms with Crippen LogP contribution >= 0.6 is 0 Å². The van der Waals surface area contributed by atoms with Crippen LogP contribution < -0.4 is 0 Å². The Kier molecular flexibility index (Phi) is 22.4. The van der Waals surface area contributed by atoms with E-state index in [0.29, 0.717) is 0 Å². The number of nitrogens with one attached hydrogen (secondary N) is 1. The Labute approximate surface area is 68.9 Å². The Balaban J connectivity index is -0.0000000267. The molecule has 1 radical (unpaired) electrons. The monoisotopic (exact) mass is 150 g/mol. The number of hydrogen-bond donors (Lipinski definition) is 0. The molecule has 1 nitrogen and oxygen atoms in total. The molecule has 0 aromatic carbocycles. The van der Waals surface area contributed by atoms with Gasteiger partial charge in [-0.05, 0) is 0 Å². The molecule has 0 aromatic heterocycles. The van der Waals surface area contributed by atoms with Crippen molar-refractivity contribution in [2.75, 3.05) is 0 Å². The van der Waals surface area contributed by atoms with Gasteiger partial charge in [-0.1, -0.05) is 20.8 Å². The molecule has 0 atom stereocenters. The molecule has 0 aliphatic rings. The molecule has 1 N–H and O–H groups in total. The van der Waals surface area contributed by atoms with Crippen molar-refractivity contribution in [3.63, 3.8) is 0 Å². The van der Waals surface area contributed by atoms with Gasteiger partial charge in [0.1, 0.15) is 0 Å². The van der Waals surface area contributed by atoms with Gasteiger partial charge in [-0.25, -0.2) is 0 Å². The fourth-order valence-corrected chi connectivity index (χ4v) is 0. The predicted octanol–water partition coefficient (Wildman–Crippen LogP) is 2.74. The molecule has 0 amide bonds. The van der Waals surface area contributed by atoms with Crippen molar-refractivity contribution in [1.82, 2.24) is 0 Å². The van der Waals surface area contributed by atoms with Crippen LogP contribution in [0.5, 0.6) is 0 Å². The van der Waals surface area contributed by atoms with E-state index in [2.05, 4.69) is 0 Å². The van der Waals surface area contributed by atoms with Crippen LogP contribution in [-0.2, 0) is 21.7 Å². The second kappa shape index (κ2) is 7.67. The maximum absolute atomic E-state index is 6.94. The predicted molar refractivity (Wildman–Crippen MR) is 36.9 cm³/mol. The first kappa shape index (κ1) is 23.4. The molecule has 0 bridgehead atoms. The summed E-state index contributed by atoms with van der Waals surface area (Å²) in [6.45, 7) is 5.56. The van der Waals surface area contributed by atoms with Crippen LogP contribution in [0.3, 0.4) is 0 Å². The van der Waals surface area contributed by atoms with Gasteiger partial charge in [0, 0.05) is 0 Å². The average molecular weight is 150 g/mol. The Morgan fingerprint density at radius 1 is 1.00 bits per heavy atom. The number of hydrogen-bond acceptors (Lipinski definition) is 0. The van der Waals surface area contributed by atoms with Gasteiger partial charge in [0.05, 0.1) is 0 Å². The van der Waals surface area contributed by atoms with Crippen molar-refractivity contribution in [2.24, 2.45) is 0 Å². The van der Waals surface area contributed by atoms with E-state index >= 15 is 0 Å². The van der Waals surface area contributed by atoms with Gasteiger partial charge < -0.3 is 20.6 Å². The summed E-state index contributed by atoms with van der Waals surface area (Å²) < 4.78 is 0. The zero-order valence-electron chi connectivity index (χ0n) is 6.50. The largest absolute Gasteiger partial charge is 3.00 e. The third-order valence-corrected chi connectivity index (χ3v) is 0. The van der Waals surface area contributed by atoms with Crippen LogP contribution in [0.1, 0.15) is 20.8 Å². The molecule has 8 heavy (non-hydrogen) atoms. The second-order valence-electron chi connectivity index (χ2n) is 2.25. The number of rotatable bonds is 0. The van der Waals surface area contributed by atoms with Crippen molar-refractivity contribution in [1.29, 1.82) is 0 Å². The molecule has 0 aromatic rings. The Morgan fingerprint density at radius 2 is 1.00 bits per heavy atom. The molecule has 0 saturated carbocycles. The van der Waals surface area contributed by atoms with Crippen molar-refractivity contribution in [3.05, 3.63) is 20.6 Å². The van der Waals surface area contributed by atoms with E-state index in [-0.39, 0.29) is 42.1 Å². The summed E-state index contributed by atoms with van der Waals surface area (Å²) in [7, 11) is 0. The van der Waals surface area contributed by atoms with E-state index in [1.807, 2.05) is 20.8 Å². The normalized spacial score (nSPS) is 7.50. The van der Waals surface area contributed by atoms with Gasteiger partial charge in [-0.15, -0.1) is 5.54 Å². The molecule has 0 heterocycles. The molecule has 0 rings (SSSR count). The molecule has 0 aliphatic heterocycles. The van der Waals surface area contributed by atoms with Crippen molar-refractivity contribution in [3.8, 4) is 0 Å². The summed E-state index contributed by atoms with van der Waals surface area (Å²) >= 11 is 0. The fourth-order valence-electron chi connectivity index (χ4n) is 0. The van der Waals surface area contributed by atoms with Crippen LogP contribution in [0.25, 0.3) is 5.73 Å². The van der Waals surface area contributed by atoms with Crippen LogP contribution in [0.4, 0.5) is 0 Å². The summed E-state index contributed by atoms with van der Waals surface area (Å²) in [6, 6.07) is 0. The third kappa shape index (κ3) is 473. The molecular formula is C6H16NTi. The average Bonchev–Trinajstić information content (AvgIpc) is 0.722. The molecule has 0 unspecified atom stereocenters. The SMILES string of the molecule is CC(C)(C)[NH-].[CH3-].[CH3-].[Ti+3]. The van der Waals surface area contributed by atoms with Crippen molar-refractivity contribution >= 4 is 0 Å². The van der Waals surface area contributed by atoms with Gasteiger partial charge in [0.2, 0.25) is 0 Å². The summed E-state index contributed by atoms with van der Waals surface area (Å²) in [6.07, 6.45) is 0. The minimum Gasteiger partial charge on any atom is -0.673 e. The van der Waals surface area contributed by atoms with E-state index in [0.717, 1.165) is 0 Å². The van der Waals surface area contributed by atoms with E-state index in [4.69, 9.17) is 5.73 Å². The van der Waals surface area contributed by atoms with Gasteiger partial charge >= 0.3 is 21.7 Å².